The molecule has 1 heterocycles. The van der Waals surface area contributed by atoms with Gasteiger partial charge in [0.1, 0.15) is 6.04 Å². The highest BCUT2D eigenvalue weighted by atomic mass is 16.2. The zero-order chi connectivity index (χ0) is 26.9. The van der Waals surface area contributed by atoms with Gasteiger partial charge in [-0.15, -0.1) is 0 Å². The summed E-state index contributed by atoms with van der Waals surface area (Å²) in [4.78, 5) is 31.1. The molecule has 3 aromatic rings. The molecule has 0 saturated carbocycles. The minimum atomic E-state index is -0.537. The van der Waals surface area contributed by atoms with Crippen molar-refractivity contribution in [2.75, 3.05) is 26.2 Å². The van der Waals surface area contributed by atoms with Crippen molar-refractivity contribution in [2.45, 2.75) is 51.7 Å². The Morgan fingerprint density at radius 3 is 2.39 bits per heavy atom. The van der Waals surface area contributed by atoms with Crippen LogP contribution in [-0.2, 0) is 17.8 Å². The number of aryl methyl sites for hydroxylation is 2. The average molecular weight is 513 g/mol. The highest BCUT2D eigenvalue weighted by Crippen LogP contribution is 2.27. The number of hydrogen-bond acceptors (Lipinski definition) is 4. The van der Waals surface area contributed by atoms with Gasteiger partial charge < -0.3 is 16.0 Å². The number of nitrogens with one attached hydrogen (secondary N) is 1. The molecule has 0 bridgehead atoms. The minimum absolute atomic E-state index is 0.0916. The second-order valence-electron chi connectivity index (χ2n) is 10.3. The van der Waals surface area contributed by atoms with E-state index >= 15 is 0 Å². The SMILES string of the molecule is Cc1ccc(C(=O)N2CCC(N(CCc3ccccc3)Cc3ccccc3C)C[C@@H]2C(=O)NCCN)cc1. The summed E-state index contributed by atoms with van der Waals surface area (Å²) in [7, 11) is 0. The summed E-state index contributed by atoms with van der Waals surface area (Å²) in [6.07, 6.45) is 2.34. The molecule has 4 rings (SSSR count). The fourth-order valence-electron chi connectivity index (χ4n) is 5.26. The Kier molecular flexibility index (Phi) is 9.68. The molecule has 0 radical (unpaired) electrons. The minimum Gasteiger partial charge on any atom is -0.353 e. The fourth-order valence-corrected chi connectivity index (χ4v) is 5.26. The predicted molar refractivity (Wildman–Crippen MR) is 153 cm³/mol. The highest BCUT2D eigenvalue weighted by Gasteiger charge is 2.38. The van der Waals surface area contributed by atoms with Crippen LogP contribution in [0.3, 0.4) is 0 Å². The van der Waals surface area contributed by atoms with Crippen LogP contribution in [0, 0.1) is 13.8 Å². The molecule has 1 unspecified atom stereocenters. The number of likely N-dealkylation sites (tertiary alicyclic amines) is 1. The van der Waals surface area contributed by atoms with E-state index in [1.54, 1.807) is 4.90 Å². The third-order valence-electron chi connectivity index (χ3n) is 7.56. The molecule has 1 aliphatic rings. The lowest BCUT2D eigenvalue weighted by Crippen LogP contribution is -2.57. The van der Waals surface area contributed by atoms with Gasteiger partial charge >= 0.3 is 0 Å². The van der Waals surface area contributed by atoms with E-state index in [0.29, 0.717) is 31.6 Å². The molecule has 6 nitrogen and oxygen atoms in total. The van der Waals surface area contributed by atoms with Crippen LogP contribution in [0.2, 0.25) is 0 Å². The van der Waals surface area contributed by atoms with Crippen molar-refractivity contribution in [1.82, 2.24) is 15.1 Å². The Morgan fingerprint density at radius 1 is 0.974 bits per heavy atom. The Hall–Kier alpha value is -3.48. The van der Waals surface area contributed by atoms with Crippen LogP contribution >= 0.6 is 0 Å². The van der Waals surface area contributed by atoms with Crippen LogP contribution in [0.5, 0.6) is 0 Å². The van der Waals surface area contributed by atoms with Crippen LogP contribution in [0.25, 0.3) is 0 Å². The quantitative estimate of drug-likeness (QED) is 0.429. The number of nitrogens with zero attached hydrogens (tertiary/aromatic N) is 2. The summed E-state index contributed by atoms with van der Waals surface area (Å²) in [6.45, 7) is 7.14. The highest BCUT2D eigenvalue weighted by molar-refractivity contribution is 5.97. The van der Waals surface area contributed by atoms with Crippen molar-refractivity contribution < 1.29 is 9.59 Å². The van der Waals surface area contributed by atoms with Gasteiger partial charge in [-0.3, -0.25) is 14.5 Å². The topological polar surface area (TPSA) is 78.7 Å². The maximum absolute atomic E-state index is 13.5. The molecule has 3 N–H and O–H groups in total. The average Bonchev–Trinajstić information content (AvgIpc) is 2.95. The van der Waals surface area contributed by atoms with E-state index < -0.39 is 6.04 Å². The number of carbonyl (C=O) groups excluding carboxylic acids is 2. The number of amides is 2. The summed E-state index contributed by atoms with van der Waals surface area (Å²) < 4.78 is 0. The second-order valence-corrected chi connectivity index (χ2v) is 10.3. The van der Waals surface area contributed by atoms with Crippen LogP contribution in [-0.4, -0.2) is 59.9 Å². The molecule has 0 aromatic heterocycles. The summed E-state index contributed by atoms with van der Waals surface area (Å²) >= 11 is 0. The Labute approximate surface area is 226 Å². The molecule has 6 heteroatoms. The Morgan fingerprint density at radius 2 is 1.68 bits per heavy atom. The van der Waals surface area contributed by atoms with E-state index in [2.05, 4.69) is 65.7 Å². The molecule has 0 aliphatic carbocycles. The first-order valence-corrected chi connectivity index (χ1v) is 13.6. The molecule has 3 aromatic carbocycles. The molecule has 1 saturated heterocycles. The van der Waals surface area contributed by atoms with E-state index in [4.69, 9.17) is 5.73 Å². The standard InChI is InChI=1S/C32H40N4O2/c1-24-12-14-27(15-13-24)32(38)36-21-17-29(22-30(36)31(37)34-19-18-33)35(20-16-26-9-4-3-5-10-26)23-28-11-7-6-8-25(28)2/h3-15,29-30H,16-23,33H2,1-2H3,(H,34,37)/t29?,30-/m1/s1. The Balaban J connectivity index is 1.57. The Bertz CT molecular complexity index is 1200. The van der Waals surface area contributed by atoms with Crippen molar-refractivity contribution in [3.63, 3.8) is 0 Å². The number of hydrogen-bond donors (Lipinski definition) is 2. The van der Waals surface area contributed by atoms with Gasteiger partial charge in [-0.2, -0.15) is 0 Å². The van der Waals surface area contributed by atoms with Gasteiger partial charge in [-0.05, 0) is 61.9 Å². The van der Waals surface area contributed by atoms with Gasteiger partial charge in [-0.1, -0.05) is 72.3 Å². The smallest absolute Gasteiger partial charge is 0.254 e. The van der Waals surface area contributed by atoms with E-state index in [1.807, 2.05) is 37.3 Å². The maximum Gasteiger partial charge on any atom is 0.254 e. The first-order chi connectivity index (χ1) is 18.5. The van der Waals surface area contributed by atoms with Crippen molar-refractivity contribution in [1.29, 1.82) is 0 Å². The van der Waals surface area contributed by atoms with Crippen molar-refractivity contribution in [3.05, 3.63) is 107 Å². The molecule has 2 atom stereocenters. The molecule has 200 valence electrons. The number of benzene rings is 3. The van der Waals surface area contributed by atoms with Crippen LogP contribution in [0.15, 0.2) is 78.9 Å². The van der Waals surface area contributed by atoms with Gasteiger partial charge in [0.2, 0.25) is 5.91 Å². The number of rotatable bonds is 10. The first-order valence-electron chi connectivity index (χ1n) is 13.6. The monoisotopic (exact) mass is 512 g/mol. The summed E-state index contributed by atoms with van der Waals surface area (Å²) in [5.74, 6) is -0.217. The van der Waals surface area contributed by atoms with Gasteiger partial charge in [0.25, 0.3) is 5.91 Å². The third kappa shape index (κ3) is 7.09. The van der Waals surface area contributed by atoms with Gasteiger partial charge in [0.15, 0.2) is 0 Å². The van der Waals surface area contributed by atoms with E-state index in [0.717, 1.165) is 31.5 Å². The van der Waals surface area contributed by atoms with Crippen molar-refractivity contribution in [2.24, 2.45) is 5.73 Å². The van der Waals surface area contributed by atoms with Gasteiger partial charge in [-0.25, -0.2) is 0 Å². The number of nitrogens with two attached hydrogens (primary N) is 1. The second kappa shape index (κ2) is 13.4. The molecule has 1 aliphatic heterocycles. The molecular weight excluding hydrogens is 472 g/mol. The van der Waals surface area contributed by atoms with Crippen LogP contribution in [0.1, 0.15) is 45.5 Å². The maximum atomic E-state index is 13.5. The zero-order valence-corrected chi connectivity index (χ0v) is 22.6. The van der Waals surface area contributed by atoms with Crippen LogP contribution in [0.4, 0.5) is 0 Å². The largest absolute Gasteiger partial charge is 0.353 e. The molecule has 0 spiro atoms. The molecular formula is C32H40N4O2. The van der Waals surface area contributed by atoms with Crippen LogP contribution < -0.4 is 11.1 Å². The number of carbonyl (C=O) groups is 2. The first kappa shape index (κ1) is 27.6. The lowest BCUT2D eigenvalue weighted by atomic mass is 9.93. The van der Waals surface area contributed by atoms with E-state index in [1.165, 1.54) is 16.7 Å². The lowest BCUT2D eigenvalue weighted by Gasteiger charge is -2.43. The molecule has 1 fully saturated rings. The van der Waals surface area contributed by atoms with E-state index in [-0.39, 0.29) is 17.9 Å². The van der Waals surface area contributed by atoms with Crippen molar-refractivity contribution >= 4 is 11.8 Å². The third-order valence-corrected chi connectivity index (χ3v) is 7.56. The summed E-state index contributed by atoms with van der Waals surface area (Å²) in [5.41, 5.74) is 11.2. The van der Waals surface area contributed by atoms with Crippen molar-refractivity contribution in [3.8, 4) is 0 Å². The number of piperidine rings is 1. The summed E-state index contributed by atoms with van der Waals surface area (Å²) in [6, 6.07) is 26.2. The summed E-state index contributed by atoms with van der Waals surface area (Å²) in [5, 5.41) is 2.95. The predicted octanol–water partition coefficient (Wildman–Crippen LogP) is 4.10. The lowest BCUT2D eigenvalue weighted by molar-refractivity contribution is -0.127. The molecule has 2 amide bonds. The normalized spacial score (nSPS) is 17.4. The van der Waals surface area contributed by atoms with Gasteiger partial charge in [0, 0.05) is 44.3 Å². The molecule has 38 heavy (non-hydrogen) atoms. The fraction of sp³-hybridized carbons (Fsp3) is 0.375. The van der Waals surface area contributed by atoms with E-state index in [9.17, 15) is 9.59 Å². The van der Waals surface area contributed by atoms with Gasteiger partial charge in [0.05, 0.1) is 0 Å². The zero-order valence-electron chi connectivity index (χ0n) is 22.6.